The number of aliphatic hydroxyl groups is 1. The van der Waals surface area contributed by atoms with Crippen LogP contribution in [0.25, 0.3) is 0 Å². The van der Waals surface area contributed by atoms with E-state index in [-0.39, 0.29) is 24.0 Å². The zero-order chi connectivity index (χ0) is 21.7. The van der Waals surface area contributed by atoms with E-state index in [0.717, 1.165) is 16.9 Å². The molecule has 0 saturated carbocycles. The van der Waals surface area contributed by atoms with Gasteiger partial charge in [0, 0.05) is 29.3 Å². The Kier molecular flexibility index (Phi) is 5.26. The first-order chi connectivity index (χ1) is 14.3. The maximum atomic E-state index is 14.1. The fourth-order valence-electron chi connectivity index (χ4n) is 5.34. The van der Waals surface area contributed by atoms with Crippen LogP contribution in [0.1, 0.15) is 18.9 Å². The van der Waals surface area contributed by atoms with Crippen LogP contribution in [0.5, 0.6) is 5.75 Å². The molecule has 2 N–H and O–H groups in total. The predicted molar refractivity (Wildman–Crippen MR) is 117 cm³/mol. The Morgan fingerprint density at radius 2 is 1.90 bits per heavy atom. The van der Waals surface area contributed by atoms with E-state index >= 15 is 0 Å². The van der Waals surface area contributed by atoms with E-state index in [0.29, 0.717) is 12.2 Å². The Morgan fingerprint density at radius 3 is 2.50 bits per heavy atom. The number of benzene rings is 2. The van der Waals surface area contributed by atoms with Crippen LogP contribution in [0.2, 0.25) is 18.6 Å². The van der Waals surface area contributed by atoms with E-state index in [1.165, 1.54) is 0 Å². The molecule has 1 saturated heterocycles. The number of rotatable bonds is 5. The third kappa shape index (κ3) is 3.00. The third-order valence-electron chi connectivity index (χ3n) is 6.53. The van der Waals surface area contributed by atoms with Gasteiger partial charge in [-0.2, -0.15) is 0 Å². The molecule has 2 heterocycles. The molecule has 2 aliphatic rings. The molecule has 160 valence electrons. The number of carbonyl (C=O) groups is 1. The molecule has 1 amide bonds. The Labute approximate surface area is 178 Å². The van der Waals surface area contributed by atoms with Crippen LogP contribution in [-0.2, 0) is 15.1 Å². The lowest BCUT2D eigenvalue weighted by Crippen LogP contribution is -2.45. The molecular weight excluding hydrogens is 398 g/mol. The zero-order valence-electron chi connectivity index (χ0n) is 17.8. The summed E-state index contributed by atoms with van der Waals surface area (Å²) in [6.45, 7) is 5.68. The van der Waals surface area contributed by atoms with Crippen molar-refractivity contribution in [1.29, 1.82) is 0 Å². The summed E-state index contributed by atoms with van der Waals surface area (Å²) in [7, 11) is -1.10. The summed E-state index contributed by atoms with van der Waals surface area (Å²) in [6, 6.07) is 15.1. The van der Waals surface area contributed by atoms with Crippen molar-refractivity contribution in [1.82, 2.24) is 0 Å². The van der Waals surface area contributed by atoms with Crippen molar-refractivity contribution >= 4 is 25.6 Å². The second kappa shape index (κ2) is 7.49. The van der Waals surface area contributed by atoms with Gasteiger partial charge in [0.25, 0.3) is 5.91 Å². The van der Waals surface area contributed by atoms with Crippen molar-refractivity contribution in [3.63, 3.8) is 0 Å². The van der Waals surface area contributed by atoms with Gasteiger partial charge in [0.15, 0.2) is 13.9 Å². The Morgan fingerprint density at radius 1 is 1.20 bits per heavy atom. The van der Waals surface area contributed by atoms with Gasteiger partial charge in [0.05, 0.1) is 18.9 Å². The SMILES string of the molecule is COc1ccc2c(c1)[C@@]1(O[C@H](CCO)[C@@H]([Si](C)(C)O)[C@@H]1C)C(=O)N2c1ccccc1. The van der Waals surface area contributed by atoms with Crippen molar-refractivity contribution in [2.24, 2.45) is 5.92 Å². The van der Waals surface area contributed by atoms with Gasteiger partial charge in [-0.3, -0.25) is 9.69 Å². The van der Waals surface area contributed by atoms with Crippen LogP contribution in [0.3, 0.4) is 0 Å². The molecule has 0 aliphatic carbocycles. The van der Waals surface area contributed by atoms with Gasteiger partial charge in [0.1, 0.15) is 5.75 Å². The lowest BCUT2D eigenvalue weighted by Gasteiger charge is -2.32. The highest BCUT2D eigenvalue weighted by molar-refractivity contribution is 6.71. The molecule has 6 nitrogen and oxygen atoms in total. The minimum absolute atomic E-state index is 0.0595. The van der Waals surface area contributed by atoms with Gasteiger partial charge >= 0.3 is 0 Å². The molecule has 0 unspecified atom stereocenters. The molecule has 0 radical (unpaired) electrons. The second-order valence-corrected chi connectivity index (χ2v) is 12.7. The van der Waals surface area contributed by atoms with Crippen molar-refractivity contribution in [3.05, 3.63) is 54.1 Å². The van der Waals surface area contributed by atoms with Gasteiger partial charge in [-0.15, -0.1) is 0 Å². The van der Waals surface area contributed by atoms with Gasteiger partial charge in [-0.25, -0.2) is 0 Å². The number of carbonyl (C=O) groups excluding carboxylic acids is 1. The summed E-state index contributed by atoms with van der Waals surface area (Å²) < 4.78 is 12.0. The van der Waals surface area contributed by atoms with Crippen LogP contribution in [-0.4, -0.2) is 43.9 Å². The first-order valence-electron chi connectivity index (χ1n) is 10.3. The zero-order valence-corrected chi connectivity index (χ0v) is 18.8. The molecule has 30 heavy (non-hydrogen) atoms. The molecule has 2 aliphatic heterocycles. The number of ether oxygens (including phenoxy) is 2. The van der Waals surface area contributed by atoms with Gasteiger partial charge < -0.3 is 19.4 Å². The molecule has 4 atom stereocenters. The van der Waals surface area contributed by atoms with Crippen molar-refractivity contribution in [3.8, 4) is 5.75 Å². The molecule has 4 rings (SSSR count). The average Bonchev–Trinajstić information content (AvgIpc) is 3.15. The Balaban J connectivity index is 1.92. The fourth-order valence-corrected chi connectivity index (χ4v) is 7.94. The maximum Gasteiger partial charge on any atom is 0.268 e. The molecule has 1 fully saturated rings. The highest BCUT2D eigenvalue weighted by atomic mass is 28.4. The van der Waals surface area contributed by atoms with Crippen LogP contribution in [0, 0.1) is 5.92 Å². The van der Waals surface area contributed by atoms with Crippen molar-refractivity contribution in [2.45, 2.75) is 43.7 Å². The number of hydrogen-bond acceptors (Lipinski definition) is 5. The lowest BCUT2D eigenvalue weighted by molar-refractivity contribution is -0.145. The standard InChI is InChI=1S/C23H29NO5Si/c1-15-21(30(3,4)27)20(12-13-25)29-23(15)18-14-17(28-2)10-11-19(18)24(22(23)26)16-8-6-5-7-9-16/h5-11,14-15,20-21,25,27H,12-13H2,1-4H3/t15-,20+,21-,23+/m0/s1. The summed E-state index contributed by atoms with van der Waals surface area (Å²) in [5, 5.41) is 9.64. The summed E-state index contributed by atoms with van der Waals surface area (Å²) in [4.78, 5) is 26.8. The Hall–Kier alpha value is -2.19. The molecule has 2 aromatic rings. The number of methoxy groups -OCH3 is 1. The largest absolute Gasteiger partial charge is 0.497 e. The monoisotopic (exact) mass is 427 g/mol. The topological polar surface area (TPSA) is 79.2 Å². The van der Waals surface area contributed by atoms with E-state index in [9.17, 15) is 14.7 Å². The van der Waals surface area contributed by atoms with E-state index in [4.69, 9.17) is 9.47 Å². The number of para-hydroxylation sites is 1. The molecule has 7 heteroatoms. The summed E-state index contributed by atoms with van der Waals surface area (Å²) in [5.41, 5.74) is 0.871. The smallest absolute Gasteiger partial charge is 0.268 e. The minimum atomic E-state index is -2.69. The van der Waals surface area contributed by atoms with Crippen molar-refractivity contribution < 1.29 is 24.2 Å². The summed E-state index contributed by atoms with van der Waals surface area (Å²) in [6.07, 6.45) is -0.0125. The quantitative estimate of drug-likeness (QED) is 0.714. The molecule has 0 bridgehead atoms. The van der Waals surface area contributed by atoms with Gasteiger partial charge in [-0.05, 0) is 49.8 Å². The third-order valence-corrected chi connectivity index (χ3v) is 9.03. The highest BCUT2D eigenvalue weighted by Crippen LogP contribution is 2.61. The molecule has 1 spiro atoms. The summed E-state index contributed by atoms with van der Waals surface area (Å²) >= 11 is 0. The van der Waals surface area contributed by atoms with Crippen LogP contribution >= 0.6 is 0 Å². The number of nitrogens with zero attached hydrogens (tertiary/aromatic N) is 1. The van der Waals surface area contributed by atoms with Crippen LogP contribution in [0.15, 0.2) is 48.5 Å². The normalized spacial score (nSPS) is 28.3. The first kappa shape index (κ1) is 21.1. The highest BCUT2D eigenvalue weighted by Gasteiger charge is 2.66. The molecule has 2 aromatic carbocycles. The number of aliphatic hydroxyl groups excluding tert-OH is 1. The lowest BCUT2D eigenvalue weighted by atomic mass is 9.82. The van der Waals surface area contributed by atoms with E-state index in [2.05, 4.69) is 0 Å². The maximum absolute atomic E-state index is 14.1. The second-order valence-electron chi connectivity index (χ2n) is 8.73. The predicted octanol–water partition coefficient (Wildman–Crippen LogP) is 3.55. The number of anilines is 2. The molecular formula is C23H29NO5Si. The van der Waals surface area contributed by atoms with E-state index in [1.54, 1.807) is 12.0 Å². The summed E-state index contributed by atoms with van der Waals surface area (Å²) in [5.74, 6) is 0.232. The first-order valence-corrected chi connectivity index (χ1v) is 13.4. The van der Waals surface area contributed by atoms with Crippen molar-refractivity contribution in [2.75, 3.05) is 18.6 Å². The number of fused-ring (bicyclic) bond motifs is 2. The van der Waals surface area contributed by atoms with Gasteiger partial charge in [-0.1, -0.05) is 25.1 Å². The van der Waals surface area contributed by atoms with E-state index in [1.807, 2.05) is 68.5 Å². The van der Waals surface area contributed by atoms with Crippen LogP contribution in [0.4, 0.5) is 11.4 Å². The van der Waals surface area contributed by atoms with Crippen LogP contribution < -0.4 is 9.64 Å². The number of hydrogen-bond donors (Lipinski definition) is 2. The average molecular weight is 428 g/mol. The van der Waals surface area contributed by atoms with E-state index < -0.39 is 20.0 Å². The molecule has 0 aromatic heterocycles. The van der Waals surface area contributed by atoms with Gasteiger partial charge in [0.2, 0.25) is 0 Å². The minimum Gasteiger partial charge on any atom is -0.497 e. The fraction of sp³-hybridized carbons (Fsp3) is 0.435. The Bertz CT molecular complexity index is 944. The number of amides is 1.